The van der Waals surface area contributed by atoms with Gasteiger partial charge in [-0.15, -0.1) is 0 Å². The predicted octanol–water partition coefficient (Wildman–Crippen LogP) is 3.31. The highest BCUT2D eigenvalue weighted by Gasteiger charge is 2.44. The summed E-state index contributed by atoms with van der Waals surface area (Å²) in [4.78, 5) is 39.6. The van der Waals surface area contributed by atoms with Gasteiger partial charge in [-0.2, -0.15) is 13.2 Å². The first-order chi connectivity index (χ1) is 16.2. The maximum Gasteiger partial charge on any atom is 0.397 e. The number of amides is 2. The number of H-pyrrole nitrogens is 1. The number of rotatable bonds is 2. The van der Waals surface area contributed by atoms with Crippen molar-refractivity contribution in [1.29, 1.82) is 0 Å². The normalized spacial score (nSPS) is 17.9. The number of carbonyl (C=O) groups excluding carboxylic acids is 2. The van der Waals surface area contributed by atoms with Gasteiger partial charge in [-0.3, -0.25) is 9.59 Å². The molecule has 3 aromatic rings. The monoisotopic (exact) mass is 473 g/mol. The maximum absolute atomic E-state index is 13.1. The predicted molar refractivity (Wildman–Crippen MR) is 115 cm³/mol. The molecular weight excluding hydrogens is 451 g/mol. The van der Waals surface area contributed by atoms with Crippen LogP contribution in [0, 0.1) is 0 Å². The third-order valence-corrected chi connectivity index (χ3v) is 6.33. The molecule has 0 saturated carbocycles. The van der Waals surface area contributed by atoms with Gasteiger partial charge in [0, 0.05) is 44.2 Å². The third kappa shape index (κ3) is 4.42. The smallest absolute Gasteiger partial charge is 0.397 e. The van der Waals surface area contributed by atoms with Crippen LogP contribution in [0.5, 0.6) is 5.75 Å². The summed E-state index contributed by atoms with van der Waals surface area (Å²) in [6.07, 6.45) is -2.36. The molecule has 1 spiro atoms. The fraction of sp³-hybridized carbons (Fsp3) is 0.391. The lowest BCUT2D eigenvalue weighted by molar-refractivity contribution is -0.164. The van der Waals surface area contributed by atoms with E-state index in [1.165, 1.54) is 17.4 Å². The number of hydrogen-bond donors (Lipinski definition) is 1. The number of pyridine rings is 1. The number of fused-ring (bicyclic) bond motifs is 2. The van der Waals surface area contributed by atoms with Gasteiger partial charge in [0.1, 0.15) is 17.8 Å². The van der Waals surface area contributed by atoms with Crippen LogP contribution in [0.1, 0.15) is 35.2 Å². The van der Waals surface area contributed by atoms with E-state index in [0.717, 1.165) is 0 Å². The molecule has 0 unspecified atom stereocenters. The highest BCUT2D eigenvalue weighted by atomic mass is 19.4. The summed E-state index contributed by atoms with van der Waals surface area (Å²) in [5, 5.41) is 0. The Labute approximate surface area is 192 Å². The summed E-state index contributed by atoms with van der Waals surface area (Å²) < 4.78 is 45.1. The SMILES string of the molecule is O=C(CC(F)(F)F)N1Cc2ccccc2OC2(CCN(C(=O)c3cnc4nc[nH]c4c3)CC2)C1. The Bertz CT molecular complexity index is 1230. The van der Waals surface area contributed by atoms with Crippen molar-refractivity contribution >= 4 is 23.0 Å². The number of nitrogens with zero attached hydrogens (tertiary/aromatic N) is 4. The topological polar surface area (TPSA) is 91.4 Å². The lowest BCUT2D eigenvalue weighted by Gasteiger charge is -2.42. The zero-order chi connectivity index (χ0) is 23.9. The van der Waals surface area contributed by atoms with Crippen molar-refractivity contribution in [2.24, 2.45) is 0 Å². The van der Waals surface area contributed by atoms with Crippen LogP contribution in [0.4, 0.5) is 13.2 Å². The third-order valence-electron chi connectivity index (χ3n) is 6.33. The molecule has 2 aliphatic rings. The standard InChI is InChI=1S/C23H22F3N5O3/c24-23(25,26)10-19(32)31-12-15-3-1-2-4-18(15)34-22(13-31)5-7-30(8-6-22)21(33)16-9-17-20(27-11-16)29-14-28-17/h1-4,9,11,14H,5-8,10,12-13H2,(H,27,28,29). The molecule has 8 nitrogen and oxygen atoms in total. The number of carbonyl (C=O) groups is 2. The Morgan fingerprint density at radius 2 is 1.88 bits per heavy atom. The number of hydrogen-bond acceptors (Lipinski definition) is 5. The van der Waals surface area contributed by atoms with Crippen LogP contribution in [0.15, 0.2) is 42.9 Å². The summed E-state index contributed by atoms with van der Waals surface area (Å²) in [7, 11) is 0. The van der Waals surface area contributed by atoms with Crippen LogP contribution in [-0.2, 0) is 11.3 Å². The zero-order valence-electron chi connectivity index (χ0n) is 18.1. The number of halogens is 3. The van der Waals surface area contributed by atoms with E-state index in [-0.39, 0.29) is 19.0 Å². The summed E-state index contributed by atoms with van der Waals surface area (Å²) >= 11 is 0. The average molecular weight is 473 g/mol. The summed E-state index contributed by atoms with van der Waals surface area (Å²) in [5.41, 5.74) is 1.37. The number of alkyl halides is 3. The van der Waals surface area contributed by atoms with Gasteiger partial charge in [0.05, 0.1) is 24.0 Å². The van der Waals surface area contributed by atoms with E-state index in [9.17, 15) is 22.8 Å². The molecule has 1 N–H and O–H groups in total. The molecule has 178 valence electrons. The minimum atomic E-state index is -4.59. The van der Waals surface area contributed by atoms with Crippen molar-refractivity contribution < 1.29 is 27.5 Å². The number of imidazole rings is 1. The average Bonchev–Trinajstić information content (AvgIpc) is 3.20. The van der Waals surface area contributed by atoms with E-state index in [1.807, 2.05) is 0 Å². The first-order valence-corrected chi connectivity index (χ1v) is 10.9. The van der Waals surface area contributed by atoms with Crippen molar-refractivity contribution in [3.05, 3.63) is 54.0 Å². The number of nitrogens with one attached hydrogen (secondary N) is 1. The molecule has 0 atom stereocenters. The van der Waals surface area contributed by atoms with Crippen LogP contribution in [0.2, 0.25) is 0 Å². The Kier molecular flexibility index (Phi) is 5.41. The van der Waals surface area contributed by atoms with Crippen molar-refractivity contribution in [3.63, 3.8) is 0 Å². The van der Waals surface area contributed by atoms with Crippen molar-refractivity contribution in [2.45, 2.75) is 37.6 Å². The van der Waals surface area contributed by atoms with E-state index in [2.05, 4.69) is 15.0 Å². The second kappa shape index (κ2) is 8.30. The second-order valence-corrected chi connectivity index (χ2v) is 8.72. The molecule has 11 heteroatoms. The van der Waals surface area contributed by atoms with Crippen LogP contribution in [0.3, 0.4) is 0 Å². The van der Waals surface area contributed by atoms with Gasteiger partial charge in [0.15, 0.2) is 5.65 Å². The highest BCUT2D eigenvalue weighted by molar-refractivity contribution is 5.96. The van der Waals surface area contributed by atoms with E-state index >= 15 is 0 Å². The molecule has 2 amide bonds. The van der Waals surface area contributed by atoms with Gasteiger partial charge in [-0.05, 0) is 12.1 Å². The van der Waals surface area contributed by atoms with E-state index in [4.69, 9.17) is 4.74 Å². The quantitative estimate of drug-likeness (QED) is 0.617. The van der Waals surface area contributed by atoms with Gasteiger partial charge in [-0.1, -0.05) is 18.2 Å². The van der Waals surface area contributed by atoms with Gasteiger partial charge < -0.3 is 19.5 Å². The van der Waals surface area contributed by atoms with Gasteiger partial charge >= 0.3 is 6.18 Å². The number of para-hydroxylation sites is 1. The molecule has 0 radical (unpaired) electrons. The first kappa shape index (κ1) is 22.2. The minimum Gasteiger partial charge on any atom is -0.485 e. The Hall–Kier alpha value is -3.63. The Morgan fingerprint density at radius 1 is 1.12 bits per heavy atom. The molecule has 2 aromatic heterocycles. The molecule has 1 fully saturated rings. The van der Waals surface area contributed by atoms with Gasteiger partial charge in [-0.25, -0.2) is 9.97 Å². The maximum atomic E-state index is 13.1. The molecule has 0 bridgehead atoms. The number of aromatic amines is 1. The number of likely N-dealkylation sites (tertiary alicyclic amines) is 1. The number of piperidine rings is 1. The summed E-state index contributed by atoms with van der Waals surface area (Å²) in [6, 6.07) is 8.75. The molecule has 5 rings (SSSR count). The van der Waals surface area contributed by atoms with Crippen LogP contribution >= 0.6 is 0 Å². The number of benzene rings is 1. The largest absolute Gasteiger partial charge is 0.485 e. The Balaban J connectivity index is 1.35. The van der Waals surface area contributed by atoms with Crippen molar-refractivity contribution in [1.82, 2.24) is 24.8 Å². The summed E-state index contributed by atoms with van der Waals surface area (Å²) in [5.74, 6) is -0.624. The molecular formula is C23H22F3N5O3. The van der Waals surface area contributed by atoms with Crippen molar-refractivity contribution in [3.8, 4) is 5.75 Å². The van der Waals surface area contributed by atoms with Crippen molar-refractivity contribution in [2.75, 3.05) is 19.6 Å². The first-order valence-electron chi connectivity index (χ1n) is 10.9. The molecule has 1 saturated heterocycles. The lowest BCUT2D eigenvalue weighted by atomic mass is 9.90. The Morgan fingerprint density at radius 3 is 2.65 bits per heavy atom. The van der Waals surface area contributed by atoms with E-state index in [0.29, 0.717) is 54.0 Å². The fourth-order valence-electron chi connectivity index (χ4n) is 4.58. The molecule has 0 aliphatic carbocycles. The zero-order valence-corrected chi connectivity index (χ0v) is 18.1. The fourth-order valence-corrected chi connectivity index (χ4v) is 4.58. The molecule has 1 aromatic carbocycles. The number of ether oxygens (including phenoxy) is 1. The van der Waals surface area contributed by atoms with Crippen LogP contribution in [-0.4, -0.2) is 68.0 Å². The molecule has 4 heterocycles. The molecule has 2 aliphatic heterocycles. The molecule has 34 heavy (non-hydrogen) atoms. The minimum absolute atomic E-state index is 0.0281. The van der Waals surface area contributed by atoms with E-state index in [1.54, 1.807) is 35.2 Å². The van der Waals surface area contributed by atoms with Gasteiger partial charge in [0.25, 0.3) is 5.91 Å². The second-order valence-electron chi connectivity index (χ2n) is 8.72. The van der Waals surface area contributed by atoms with E-state index < -0.39 is 24.1 Å². The van der Waals surface area contributed by atoms with Crippen LogP contribution < -0.4 is 4.74 Å². The lowest BCUT2D eigenvalue weighted by Crippen LogP contribution is -2.55. The summed E-state index contributed by atoms with van der Waals surface area (Å²) in [6.45, 7) is 0.748. The van der Waals surface area contributed by atoms with Gasteiger partial charge in [0.2, 0.25) is 5.91 Å². The highest BCUT2D eigenvalue weighted by Crippen LogP contribution is 2.36. The number of aromatic nitrogens is 3. The van der Waals surface area contributed by atoms with Crippen LogP contribution in [0.25, 0.3) is 11.2 Å².